The molecule has 0 atom stereocenters. The zero-order chi connectivity index (χ0) is 17.2. The van der Waals surface area contributed by atoms with E-state index >= 15 is 0 Å². The minimum Gasteiger partial charge on any atom is -0.296 e. The summed E-state index contributed by atoms with van der Waals surface area (Å²) in [6.45, 7) is 0. The molecule has 0 unspecified atom stereocenters. The highest BCUT2D eigenvalue weighted by molar-refractivity contribution is 7.18. The standard InChI is InChI=1S/C19H12ClN3OS/c20-16-11-4-3-9-15(16)18-22-23-19(25-18)21-17(24)14-10-5-7-12-6-1-2-8-13(12)14/h1-11H,(H,21,23,24). The molecular formula is C19H12ClN3OS. The second-order valence-corrected chi connectivity index (χ2v) is 6.76. The molecule has 0 aliphatic rings. The van der Waals surface area contributed by atoms with E-state index in [1.54, 1.807) is 12.1 Å². The van der Waals surface area contributed by atoms with Gasteiger partial charge in [-0.05, 0) is 22.9 Å². The number of anilines is 1. The normalized spacial score (nSPS) is 10.8. The molecule has 1 N–H and O–H groups in total. The van der Waals surface area contributed by atoms with Crippen LogP contribution in [0.4, 0.5) is 5.13 Å². The van der Waals surface area contributed by atoms with Crippen LogP contribution in [0.1, 0.15) is 10.4 Å². The Kier molecular flexibility index (Phi) is 4.17. The molecule has 3 aromatic carbocycles. The second-order valence-electron chi connectivity index (χ2n) is 5.37. The number of hydrogen-bond donors (Lipinski definition) is 1. The maximum Gasteiger partial charge on any atom is 0.258 e. The van der Waals surface area contributed by atoms with Gasteiger partial charge in [0.2, 0.25) is 5.13 Å². The van der Waals surface area contributed by atoms with E-state index in [-0.39, 0.29) is 5.91 Å². The van der Waals surface area contributed by atoms with Gasteiger partial charge in [-0.3, -0.25) is 10.1 Å². The van der Waals surface area contributed by atoms with Crippen molar-refractivity contribution in [3.8, 4) is 10.6 Å². The molecule has 1 amide bonds. The van der Waals surface area contributed by atoms with Crippen molar-refractivity contribution < 1.29 is 4.79 Å². The highest BCUT2D eigenvalue weighted by Gasteiger charge is 2.14. The predicted molar refractivity (Wildman–Crippen MR) is 102 cm³/mol. The topological polar surface area (TPSA) is 54.9 Å². The lowest BCUT2D eigenvalue weighted by molar-refractivity contribution is 0.102. The minimum absolute atomic E-state index is 0.210. The molecule has 4 nitrogen and oxygen atoms in total. The molecule has 0 spiro atoms. The van der Waals surface area contributed by atoms with Crippen LogP contribution in [0.2, 0.25) is 5.02 Å². The molecule has 0 saturated carbocycles. The Bertz CT molecular complexity index is 1070. The Hall–Kier alpha value is -2.76. The number of halogens is 1. The lowest BCUT2D eigenvalue weighted by atomic mass is 10.0. The van der Waals surface area contributed by atoms with Gasteiger partial charge in [-0.2, -0.15) is 0 Å². The minimum atomic E-state index is -0.210. The highest BCUT2D eigenvalue weighted by Crippen LogP contribution is 2.32. The third-order valence-electron chi connectivity index (χ3n) is 3.78. The van der Waals surface area contributed by atoms with Gasteiger partial charge in [-0.1, -0.05) is 77.5 Å². The molecule has 25 heavy (non-hydrogen) atoms. The van der Waals surface area contributed by atoms with Crippen LogP contribution in [0.25, 0.3) is 21.3 Å². The van der Waals surface area contributed by atoms with Gasteiger partial charge >= 0.3 is 0 Å². The first-order valence-electron chi connectivity index (χ1n) is 7.60. The summed E-state index contributed by atoms with van der Waals surface area (Å²) in [6, 6.07) is 20.8. The fourth-order valence-electron chi connectivity index (χ4n) is 2.61. The first-order valence-corrected chi connectivity index (χ1v) is 8.79. The van der Waals surface area contributed by atoms with Crippen LogP contribution in [-0.2, 0) is 0 Å². The van der Waals surface area contributed by atoms with Crippen LogP contribution >= 0.6 is 22.9 Å². The number of fused-ring (bicyclic) bond motifs is 1. The van der Waals surface area contributed by atoms with E-state index in [9.17, 15) is 4.79 Å². The van der Waals surface area contributed by atoms with Crippen LogP contribution in [0.15, 0.2) is 66.7 Å². The van der Waals surface area contributed by atoms with E-state index in [1.165, 1.54) is 11.3 Å². The van der Waals surface area contributed by atoms with Gasteiger partial charge in [0.15, 0.2) is 5.01 Å². The average molecular weight is 366 g/mol. The van der Waals surface area contributed by atoms with Crippen molar-refractivity contribution in [2.45, 2.75) is 0 Å². The molecule has 0 aliphatic heterocycles. The van der Waals surface area contributed by atoms with Crippen molar-refractivity contribution >= 4 is 44.7 Å². The summed E-state index contributed by atoms with van der Waals surface area (Å²) in [7, 11) is 0. The smallest absolute Gasteiger partial charge is 0.258 e. The van der Waals surface area contributed by atoms with Crippen molar-refractivity contribution in [3.63, 3.8) is 0 Å². The number of benzene rings is 3. The average Bonchev–Trinajstić information content (AvgIpc) is 3.09. The molecule has 122 valence electrons. The number of nitrogens with zero attached hydrogens (tertiary/aromatic N) is 2. The number of amides is 1. The lowest BCUT2D eigenvalue weighted by Crippen LogP contribution is -2.12. The molecular weight excluding hydrogens is 354 g/mol. The van der Waals surface area contributed by atoms with Crippen LogP contribution in [0.3, 0.4) is 0 Å². The van der Waals surface area contributed by atoms with Crippen LogP contribution < -0.4 is 5.32 Å². The van der Waals surface area contributed by atoms with E-state index in [1.807, 2.05) is 54.6 Å². The van der Waals surface area contributed by atoms with Crippen LogP contribution in [0.5, 0.6) is 0 Å². The number of carbonyl (C=O) groups is 1. The van der Waals surface area contributed by atoms with E-state index in [0.29, 0.717) is 20.7 Å². The molecule has 0 bridgehead atoms. The number of hydrogen-bond acceptors (Lipinski definition) is 4. The summed E-state index contributed by atoms with van der Waals surface area (Å²) >= 11 is 7.48. The number of carbonyl (C=O) groups excluding carboxylic acids is 1. The maximum atomic E-state index is 12.6. The van der Waals surface area contributed by atoms with Crippen molar-refractivity contribution in [2.75, 3.05) is 5.32 Å². The Morgan fingerprint density at radius 1 is 0.920 bits per heavy atom. The van der Waals surface area contributed by atoms with Gasteiger partial charge < -0.3 is 0 Å². The number of rotatable bonds is 3. The maximum absolute atomic E-state index is 12.6. The molecule has 0 fully saturated rings. The molecule has 0 aliphatic carbocycles. The Balaban J connectivity index is 1.62. The summed E-state index contributed by atoms with van der Waals surface area (Å²) in [5.41, 5.74) is 1.40. The quantitative estimate of drug-likeness (QED) is 0.538. The van der Waals surface area contributed by atoms with E-state index < -0.39 is 0 Å². The zero-order valence-electron chi connectivity index (χ0n) is 12.9. The highest BCUT2D eigenvalue weighted by atomic mass is 35.5. The Labute approximate surface area is 153 Å². The van der Waals surface area contributed by atoms with Crippen molar-refractivity contribution in [2.24, 2.45) is 0 Å². The summed E-state index contributed by atoms with van der Waals surface area (Å²) in [4.78, 5) is 12.6. The van der Waals surface area contributed by atoms with E-state index in [0.717, 1.165) is 16.3 Å². The molecule has 1 heterocycles. The van der Waals surface area contributed by atoms with Gasteiger partial charge in [-0.15, -0.1) is 10.2 Å². The molecule has 1 aromatic heterocycles. The monoisotopic (exact) mass is 365 g/mol. The summed E-state index contributed by atoms with van der Waals surface area (Å²) in [5.74, 6) is -0.210. The van der Waals surface area contributed by atoms with E-state index in [4.69, 9.17) is 11.6 Å². The molecule has 6 heteroatoms. The van der Waals surface area contributed by atoms with Crippen LogP contribution in [0, 0.1) is 0 Å². The molecule has 4 rings (SSSR count). The van der Waals surface area contributed by atoms with E-state index in [2.05, 4.69) is 15.5 Å². The second kappa shape index (κ2) is 6.63. The van der Waals surface area contributed by atoms with Gasteiger partial charge in [0, 0.05) is 11.1 Å². The molecule has 0 saturated heterocycles. The summed E-state index contributed by atoms with van der Waals surface area (Å²) in [5, 5.41) is 14.6. The van der Waals surface area contributed by atoms with Gasteiger partial charge in [0.25, 0.3) is 5.91 Å². The van der Waals surface area contributed by atoms with Gasteiger partial charge in [-0.25, -0.2) is 0 Å². The van der Waals surface area contributed by atoms with Gasteiger partial charge in [0.05, 0.1) is 5.02 Å². The summed E-state index contributed by atoms with van der Waals surface area (Å²) < 4.78 is 0. The predicted octanol–water partition coefficient (Wildman–Crippen LogP) is 5.26. The number of nitrogens with one attached hydrogen (secondary N) is 1. The van der Waals surface area contributed by atoms with Crippen molar-refractivity contribution in [3.05, 3.63) is 77.3 Å². The third kappa shape index (κ3) is 3.12. The van der Waals surface area contributed by atoms with Crippen molar-refractivity contribution in [1.82, 2.24) is 10.2 Å². The first-order chi connectivity index (χ1) is 12.2. The number of aromatic nitrogens is 2. The fourth-order valence-corrected chi connectivity index (χ4v) is 3.66. The Morgan fingerprint density at radius 2 is 1.68 bits per heavy atom. The van der Waals surface area contributed by atoms with Crippen molar-refractivity contribution in [1.29, 1.82) is 0 Å². The van der Waals surface area contributed by atoms with Gasteiger partial charge in [0.1, 0.15) is 0 Å². The first kappa shape index (κ1) is 15.7. The fraction of sp³-hybridized carbons (Fsp3) is 0. The SMILES string of the molecule is O=C(Nc1nnc(-c2ccccc2Cl)s1)c1cccc2ccccc12. The summed E-state index contributed by atoms with van der Waals surface area (Å²) in [6.07, 6.45) is 0. The Morgan fingerprint density at radius 3 is 2.56 bits per heavy atom. The molecule has 0 radical (unpaired) electrons. The lowest BCUT2D eigenvalue weighted by Gasteiger charge is -2.05. The largest absolute Gasteiger partial charge is 0.296 e. The van der Waals surface area contributed by atoms with Crippen LogP contribution in [-0.4, -0.2) is 16.1 Å². The molecule has 4 aromatic rings. The zero-order valence-corrected chi connectivity index (χ0v) is 14.5. The third-order valence-corrected chi connectivity index (χ3v) is 4.99.